The summed E-state index contributed by atoms with van der Waals surface area (Å²) in [5.74, 6) is -0.528. The number of thioether (sulfide) groups is 1. The van der Waals surface area contributed by atoms with Crippen LogP contribution in [0.25, 0.3) is 0 Å². The third-order valence-corrected chi connectivity index (χ3v) is 4.38. The number of carboxylic acid groups (broad SMARTS) is 1. The molecule has 1 saturated heterocycles. The number of rotatable bonds is 7. The number of nitrogens with one attached hydrogen (secondary N) is 1. The number of carbonyl (C=O) groups excluding carboxylic acids is 1. The van der Waals surface area contributed by atoms with Gasteiger partial charge >= 0.3 is 5.97 Å². The molecule has 1 aromatic carbocycles. The van der Waals surface area contributed by atoms with Crippen molar-refractivity contribution in [3.8, 4) is 11.5 Å². The molecule has 1 aromatic rings. The van der Waals surface area contributed by atoms with Crippen LogP contribution in [-0.4, -0.2) is 47.3 Å². The Balaban J connectivity index is 2.12. The van der Waals surface area contributed by atoms with Gasteiger partial charge in [-0.05, 0) is 19.1 Å². The van der Waals surface area contributed by atoms with E-state index < -0.39 is 17.1 Å². The highest BCUT2D eigenvalue weighted by Crippen LogP contribution is 2.35. The number of hydrogen-bond donors (Lipinski definition) is 2. The number of amides is 1. The van der Waals surface area contributed by atoms with Crippen molar-refractivity contribution in [3.05, 3.63) is 22.7 Å². The van der Waals surface area contributed by atoms with Gasteiger partial charge in [0, 0.05) is 5.56 Å². The molecule has 0 aliphatic carbocycles. The first kappa shape index (κ1) is 19.1. The van der Waals surface area contributed by atoms with E-state index in [1.165, 1.54) is 13.3 Å². The highest BCUT2D eigenvalue weighted by molar-refractivity contribution is 8.15. The Kier molecular flexibility index (Phi) is 6.65. The lowest BCUT2D eigenvalue weighted by molar-refractivity contribution is -0.138. The van der Waals surface area contributed by atoms with Gasteiger partial charge in [0.05, 0.1) is 31.4 Å². The smallest absolute Gasteiger partial charge is 0.305 e. The number of methoxy groups -OCH3 is 1. The van der Waals surface area contributed by atoms with Crippen LogP contribution < -0.4 is 14.8 Å². The Morgan fingerprint density at radius 2 is 2.28 bits per heavy atom. The average Bonchev–Trinajstić information content (AvgIpc) is 2.86. The predicted octanol–water partition coefficient (Wildman–Crippen LogP) is 2.14. The van der Waals surface area contributed by atoms with E-state index in [1.54, 1.807) is 12.1 Å². The molecule has 10 heteroatoms. The Morgan fingerprint density at radius 1 is 1.52 bits per heavy atom. The number of ether oxygens (including phenoxy) is 2. The van der Waals surface area contributed by atoms with Gasteiger partial charge in [0.25, 0.3) is 0 Å². The lowest BCUT2D eigenvalue weighted by atomic mass is 10.2. The van der Waals surface area contributed by atoms with Crippen molar-refractivity contribution in [1.82, 2.24) is 5.32 Å². The van der Waals surface area contributed by atoms with E-state index in [2.05, 4.69) is 15.5 Å². The highest BCUT2D eigenvalue weighted by atomic mass is 35.5. The minimum Gasteiger partial charge on any atom is -0.491 e. The molecule has 1 heterocycles. The maximum atomic E-state index is 11.6. The molecular formula is C15H16ClN3O5S. The lowest BCUT2D eigenvalue weighted by Crippen LogP contribution is -2.26. The molecule has 0 saturated carbocycles. The van der Waals surface area contributed by atoms with Crippen molar-refractivity contribution >= 4 is 46.6 Å². The summed E-state index contributed by atoms with van der Waals surface area (Å²) >= 11 is 7.17. The number of nitrogens with zero attached hydrogens (tertiary/aromatic N) is 2. The van der Waals surface area contributed by atoms with Crippen LogP contribution in [0.3, 0.4) is 0 Å². The molecule has 0 radical (unpaired) electrons. The molecule has 0 aromatic heterocycles. The van der Waals surface area contributed by atoms with E-state index in [-0.39, 0.29) is 11.6 Å². The summed E-state index contributed by atoms with van der Waals surface area (Å²) in [6, 6.07) is 3.34. The van der Waals surface area contributed by atoms with E-state index in [0.29, 0.717) is 28.7 Å². The fraction of sp³-hybridized carbons (Fsp3) is 0.333. The molecule has 0 spiro atoms. The zero-order chi connectivity index (χ0) is 18.4. The fourth-order valence-corrected chi connectivity index (χ4v) is 3.23. The van der Waals surface area contributed by atoms with Crippen LogP contribution >= 0.6 is 23.4 Å². The van der Waals surface area contributed by atoms with Crippen LogP contribution in [0.5, 0.6) is 11.5 Å². The number of carbonyl (C=O) groups is 2. The summed E-state index contributed by atoms with van der Waals surface area (Å²) in [4.78, 5) is 22.3. The van der Waals surface area contributed by atoms with Crippen LogP contribution in [0.1, 0.15) is 18.9 Å². The number of carboxylic acids is 1. The summed E-state index contributed by atoms with van der Waals surface area (Å²) in [6.07, 6.45) is 1.17. The van der Waals surface area contributed by atoms with Crippen molar-refractivity contribution in [1.29, 1.82) is 0 Å². The van der Waals surface area contributed by atoms with Gasteiger partial charge in [0.2, 0.25) is 5.91 Å². The summed E-state index contributed by atoms with van der Waals surface area (Å²) in [5, 5.41) is 18.9. The second-order valence-corrected chi connectivity index (χ2v) is 6.41. The van der Waals surface area contributed by atoms with Crippen LogP contribution in [0.4, 0.5) is 0 Å². The van der Waals surface area contributed by atoms with Gasteiger partial charge < -0.3 is 19.9 Å². The second-order valence-electron chi connectivity index (χ2n) is 4.81. The summed E-state index contributed by atoms with van der Waals surface area (Å²) in [6.45, 7) is 2.29. The maximum absolute atomic E-state index is 11.6. The quantitative estimate of drug-likeness (QED) is 0.549. The Bertz CT molecular complexity index is 738. The highest BCUT2D eigenvalue weighted by Gasteiger charge is 2.32. The van der Waals surface area contributed by atoms with Gasteiger partial charge in [-0.2, -0.15) is 5.10 Å². The van der Waals surface area contributed by atoms with Gasteiger partial charge in [-0.15, -0.1) is 5.10 Å². The molecule has 1 amide bonds. The Hall–Kier alpha value is -2.26. The average molecular weight is 386 g/mol. The van der Waals surface area contributed by atoms with E-state index in [1.807, 2.05) is 6.92 Å². The zero-order valence-corrected chi connectivity index (χ0v) is 15.1. The molecule has 8 nitrogen and oxygen atoms in total. The van der Waals surface area contributed by atoms with Crippen LogP contribution in [0, 0.1) is 0 Å². The normalized spacial score (nSPS) is 18.6. The molecule has 2 N–H and O–H groups in total. The summed E-state index contributed by atoms with van der Waals surface area (Å²) in [5.41, 5.74) is 0.634. The third kappa shape index (κ3) is 5.10. The van der Waals surface area contributed by atoms with Crippen LogP contribution in [0.2, 0.25) is 5.02 Å². The first-order valence-corrected chi connectivity index (χ1v) is 8.51. The Morgan fingerprint density at radius 3 is 2.92 bits per heavy atom. The van der Waals surface area contributed by atoms with Gasteiger partial charge in [0.15, 0.2) is 16.7 Å². The molecule has 1 aliphatic heterocycles. The summed E-state index contributed by atoms with van der Waals surface area (Å²) < 4.78 is 10.7. The van der Waals surface area contributed by atoms with E-state index in [0.717, 1.165) is 11.8 Å². The van der Waals surface area contributed by atoms with Crippen LogP contribution in [0.15, 0.2) is 22.3 Å². The van der Waals surface area contributed by atoms with Gasteiger partial charge in [0.1, 0.15) is 5.25 Å². The zero-order valence-electron chi connectivity index (χ0n) is 13.5. The Labute approximate surface area is 153 Å². The van der Waals surface area contributed by atoms with E-state index in [9.17, 15) is 9.59 Å². The first-order valence-electron chi connectivity index (χ1n) is 7.25. The van der Waals surface area contributed by atoms with Crippen molar-refractivity contribution in [2.45, 2.75) is 18.6 Å². The molecule has 1 atom stereocenters. The monoisotopic (exact) mass is 385 g/mol. The number of halogens is 1. The number of amidine groups is 1. The lowest BCUT2D eigenvalue weighted by Gasteiger charge is -2.11. The molecule has 0 bridgehead atoms. The molecule has 2 rings (SSSR count). The SMILES string of the molecule is CCOc1cc(C=NN=C2NC(=O)C(CC(=O)O)S2)cc(Cl)c1OC. The van der Waals surface area contributed by atoms with Crippen molar-refractivity contribution < 1.29 is 24.2 Å². The largest absolute Gasteiger partial charge is 0.491 e. The van der Waals surface area contributed by atoms with Crippen LogP contribution in [-0.2, 0) is 9.59 Å². The predicted molar refractivity (Wildman–Crippen MR) is 96.0 cm³/mol. The number of aliphatic carboxylic acids is 1. The van der Waals surface area contributed by atoms with Crippen molar-refractivity contribution in [2.24, 2.45) is 10.2 Å². The second kappa shape index (κ2) is 8.72. The van der Waals surface area contributed by atoms with Gasteiger partial charge in [-0.3, -0.25) is 9.59 Å². The standard InChI is InChI=1S/C15H16ClN3O5S/c1-3-24-10-5-8(4-9(16)13(10)23-2)7-17-19-15-18-14(22)11(25-15)6-12(20)21/h4-5,7,11H,3,6H2,1-2H3,(H,20,21)(H,18,19,22). The molecule has 1 fully saturated rings. The molecule has 1 unspecified atom stereocenters. The first-order chi connectivity index (χ1) is 11.9. The minimum absolute atomic E-state index is 0.247. The molecule has 25 heavy (non-hydrogen) atoms. The number of hydrogen-bond acceptors (Lipinski definition) is 7. The van der Waals surface area contributed by atoms with Crippen molar-refractivity contribution in [2.75, 3.05) is 13.7 Å². The molecular weight excluding hydrogens is 370 g/mol. The van der Waals surface area contributed by atoms with E-state index >= 15 is 0 Å². The summed E-state index contributed by atoms with van der Waals surface area (Å²) in [7, 11) is 1.50. The maximum Gasteiger partial charge on any atom is 0.305 e. The van der Waals surface area contributed by atoms with Crippen molar-refractivity contribution in [3.63, 3.8) is 0 Å². The fourth-order valence-electron chi connectivity index (χ4n) is 2.02. The number of benzene rings is 1. The van der Waals surface area contributed by atoms with E-state index in [4.69, 9.17) is 26.2 Å². The van der Waals surface area contributed by atoms with Gasteiger partial charge in [-0.1, -0.05) is 23.4 Å². The minimum atomic E-state index is -1.05. The van der Waals surface area contributed by atoms with Gasteiger partial charge in [-0.25, -0.2) is 0 Å². The topological polar surface area (TPSA) is 110 Å². The molecule has 1 aliphatic rings. The third-order valence-electron chi connectivity index (χ3n) is 3.03. The molecule has 134 valence electrons.